The van der Waals surface area contributed by atoms with Crippen LogP contribution >= 0.6 is 11.6 Å². The molecule has 2 aromatic rings. The van der Waals surface area contributed by atoms with Gasteiger partial charge in [0, 0.05) is 36.3 Å². The quantitative estimate of drug-likeness (QED) is 0.423. The molecule has 1 saturated heterocycles. The van der Waals surface area contributed by atoms with Crippen LogP contribution in [-0.2, 0) is 33.9 Å². The number of hydrogen-bond donors (Lipinski definition) is 3. The fourth-order valence-corrected chi connectivity index (χ4v) is 5.70. The predicted molar refractivity (Wildman–Crippen MR) is 137 cm³/mol. The normalized spacial score (nSPS) is 16.7. The van der Waals surface area contributed by atoms with E-state index in [-0.39, 0.29) is 63.9 Å². The second-order valence-corrected chi connectivity index (χ2v) is 11.7. The molecule has 2 aromatic carbocycles. The lowest BCUT2D eigenvalue weighted by molar-refractivity contribution is -0.138. The second kappa shape index (κ2) is 12.5. The molecule has 1 fully saturated rings. The van der Waals surface area contributed by atoms with Gasteiger partial charge < -0.3 is 16.4 Å². The Hall–Kier alpha value is -2.67. The van der Waals surface area contributed by atoms with Crippen LogP contribution in [0.3, 0.4) is 0 Å². The smallest absolute Gasteiger partial charge is 0.351 e. The number of nitrogens with one attached hydrogen (secondary N) is 2. The first-order chi connectivity index (χ1) is 17.8. The number of amides is 2. The molecule has 38 heavy (non-hydrogen) atoms. The van der Waals surface area contributed by atoms with E-state index >= 15 is 0 Å². The van der Waals surface area contributed by atoms with Crippen LogP contribution < -0.4 is 16.4 Å². The molecule has 0 aromatic heterocycles. The monoisotopic (exact) mass is 574 g/mol. The molecule has 8 nitrogen and oxygen atoms in total. The molecule has 4 N–H and O–H groups in total. The average Bonchev–Trinajstić information content (AvgIpc) is 2.86. The summed E-state index contributed by atoms with van der Waals surface area (Å²) in [6.45, 7) is 2.02. The summed E-state index contributed by atoms with van der Waals surface area (Å²) in [5.74, 6) is -1.27. The number of hydrogen-bond acceptors (Lipinski definition) is 6. The Morgan fingerprint density at radius 3 is 2.55 bits per heavy atom. The summed E-state index contributed by atoms with van der Waals surface area (Å²) in [4.78, 5) is 26.2. The minimum Gasteiger partial charge on any atom is -0.351 e. The fraction of sp³-hybridized carbons (Fsp3) is 0.440. The Bertz CT molecular complexity index is 1290. The van der Waals surface area contributed by atoms with Crippen LogP contribution in [0.2, 0.25) is 5.02 Å². The molecule has 2 amide bonds. The van der Waals surface area contributed by atoms with Crippen molar-refractivity contribution in [3.05, 3.63) is 63.7 Å². The number of carbonyl (C=O) groups excluding carboxylic acids is 2. The molecule has 3 rings (SSSR count). The van der Waals surface area contributed by atoms with Crippen molar-refractivity contribution in [2.45, 2.75) is 50.0 Å². The maximum atomic E-state index is 14.0. The van der Waals surface area contributed by atoms with Crippen LogP contribution in [0.1, 0.15) is 46.8 Å². The Labute approximate surface area is 224 Å². The maximum absolute atomic E-state index is 14.0. The minimum atomic E-state index is -4.70. The minimum absolute atomic E-state index is 0.00137. The SMILES string of the molecule is CCS(=O)(=O)c1ccc(Cl)cc1CNC(=O)c1ccc(CN2CCC[C@H](NC(=O)CN)C2)c(C(F)(F)F)c1. The Balaban J connectivity index is 1.78. The van der Waals surface area contributed by atoms with Crippen molar-refractivity contribution in [3.63, 3.8) is 0 Å². The third-order valence-corrected chi connectivity index (χ3v) is 8.37. The highest BCUT2D eigenvalue weighted by atomic mass is 35.5. The molecule has 208 valence electrons. The summed E-state index contributed by atoms with van der Waals surface area (Å²) >= 11 is 5.99. The van der Waals surface area contributed by atoms with E-state index in [2.05, 4.69) is 10.6 Å². The third kappa shape index (κ3) is 7.68. The molecule has 1 aliphatic heterocycles. The molecule has 0 unspecified atom stereocenters. The number of nitrogens with two attached hydrogens (primary N) is 1. The number of alkyl halides is 3. The van der Waals surface area contributed by atoms with Crippen LogP contribution in [0.4, 0.5) is 13.2 Å². The average molecular weight is 575 g/mol. The predicted octanol–water partition coefficient (Wildman–Crippen LogP) is 3.12. The van der Waals surface area contributed by atoms with Gasteiger partial charge in [0.25, 0.3) is 5.91 Å². The van der Waals surface area contributed by atoms with Crippen LogP contribution in [0.15, 0.2) is 41.3 Å². The summed E-state index contributed by atoms with van der Waals surface area (Å²) in [7, 11) is -3.61. The lowest BCUT2D eigenvalue weighted by atomic mass is 10.00. The molecule has 1 atom stereocenters. The van der Waals surface area contributed by atoms with E-state index in [1.54, 1.807) is 0 Å². The number of halogens is 4. The van der Waals surface area contributed by atoms with Crippen molar-refractivity contribution in [1.29, 1.82) is 0 Å². The number of benzene rings is 2. The lowest BCUT2D eigenvalue weighted by Crippen LogP contribution is -2.48. The van der Waals surface area contributed by atoms with Gasteiger partial charge in [0.15, 0.2) is 9.84 Å². The van der Waals surface area contributed by atoms with Gasteiger partial charge >= 0.3 is 6.18 Å². The number of likely N-dealkylation sites (tertiary alicyclic amines) is 1. The summed E-state index contributed by atoms with van der Waals surface area (Å²) in [6, 6.07) is 7.32. The van der Waals surface area contributed by atoms with Crippen molar-refractivity contribution < 1.29 is 31.2 Å². The first-order valence-electron chi connectivity index (χ1n) is 12.0. The van der Waals surface area contributed by atoms with E-state index in [4.69, 9.17) is 17.3 Å². The van der Waals surface area contributed by atoms with Crippen molar-refractivity contribution in [3.8, 4) is 0 Å². The lowest BCUT2D eigenvalue weighted by Gasteiger charge is -2.33. The number of nitrogens with zero attached hydrogens (tertiary/aromatic N) is 1. The van der Waals surface area contributed by atoms with E-state index in [0.717, 1.165) is 6.07 Å². The summed E-state index contributed by atoms with van der Waals surface area (Å²) in [6.07, 6.45) is -3.29. The maximum Gasteiger partial charge on any atom is 0.416 e. The highest BCUT2D eigenvalue weighted by molar-refractivity contribution is 7.91. The van der Waals surface area contributed by atoms with E-state index < -0.39 is 27.5 Å². The Kier molecular flexibility index (Phi) is 9.80. The standard InChI is InChI=1S/C25H30ClF3N4O4S/c1-2-38(36,37)22-8-7-19(26)10-18(22)13-31-24(35)16-5-6-17(21(11-16)25(27,28)29)14-33-9-3-4-20(15-33)32-23(34)12-30/h5-8,10-11,20H,2-4,9,12-15,30H2,1H3,(H,31,35)(H,32,34)/t20-/m0/s1. The molecule has 1 aliphatic rings. The summed E-state index contributed by atoms with van der Waals surface area (Å²) < 4.78 is 66.6. The van der Waals surface area contributed by atoms with Gasteiger partial charge in [-0.3, -0.25) is 14.5 Å². The zero-order valence-corrected chi connectivity index (χ0v) is 22.3. The largest absolute Gasteiger partial charge is 0.416 e. The zero-order chi connectivity index (χ0) is 28.1. The van der Waals surface area contributed by atoms with E-state index in [1.165, 1.54) is 37.3 Å². The van der Waals surface area contributed by atoms with Gasteiger partial charge in [-0.1, -0.05) is 24.6 Å². The first kappa shape index (κ1) is 29.9. The topological polar surface area (TPSA) is 122 Å². The molecule has 0 radical (unpaired) electrons. The molecular weight excluding hydrogens is 545 g/mol. The van der Waals surface area contributed by atoms with Crippen LogP contribution in [-0.4, -0.2) is 56.6 Å². The van der Waals surface area contributed by atoms with Gasteiger partial charge in [-0.15, -0.1) is 0 Å². The van der Waals surface area contributed by atoms with Crippen LogP contribution in [0.25, 0.3) is 0 Å². The van der Waals surface area contributed by atoms with Crippen molar-refractivity contribution in [1.82, 2.24) is 15.5 Å². The number of carbonyl (C=O) groups is 2. The molecule has 0 spiro atoms. The molecular formula is C25H30ClF3N4O4S. The number of piperidine rings is 1. The summed E-state index contributed by atoms with van der Waals surface area (Å²) in [5.41, 5.74) is 4.43. The number of sulfone groups is 1. The number of rotatable bonds is 9. The van der Waals surface area contributed by atoms with Gasteiger partial charge in [-0.05, 0) is 60.8 Å². The van der Waals surface area contributed by atoms with E-state index in [9.17, 15) is 31.2 Å². The van der Waals surface area contributed by atoms with Gasteiger partial charge in [0.1, 0.15) is 0 Å². The molecule has 1 heterocycles. The van der Waals surface area contributed by atoms with Crippen molar-refractivity contribution in [2.75, 3.05) is 25.4 Å². The van der Waals surface area contributed by atoms with Crippen LogP contribution in [0.5, 0.6) is 0 Å². The van der Waals surface area contributed by atoms with Gasteiger partial charge in [0.2, 0.25) is 5.91 Å². The van der Waals surface area contributed by atoms with E-state index in [0.29, 0.717) is 25.9 Å². The molecule has 13 heteroatoms. The second-order valence-electron chi connectivity index (χ2n) is 9.05. The highest BCUT2D eigenvalue weighted by Crippen LogP contribution is 2.34. The molecule has 0 bridgehead atoms. The fourth-order valence-electron chi connectivity index (χ4n) is 4.39. The van der Waals surface area contributed by atoms with Crippen molar-refractivity contribution in [2.24, 2.45) is 5.73 Å². The van der Waals surface area contributed by atoms with Gasteiger partial charge in [-0.2, -0.15) is 13.2 Å². The highest BCUT2D eigenvalue weighted by Gasteiger charge is 2.35. The van der Waals surface area contributed by atoms with Crippen molar-refractivity contribution >= 4 is 33.3 Å². The van der Waals surface area contributed by atoms with E-state index in [1.807, 2.05) is 4.90 Å². The Morgan fingerprint density at radius 1 is 1.16 bits per heavy atom. The zero-order valence-electron chi connectivity index (χ0n) is 20.8. The molecule has 0 saturated carbocycles. The Morgan fingerprint density at radius 2 is 1.89 bits per heavy atom. The third-order valence-electron chi connectivity index (χ3n) is 6.30. The first-order valence-corrected chi connectivity index (χ1v) is 14.1. The van der Waals surface area contributed by atoms with Gasteiger partial charge in [0.05, 0.1) is 22.8 Å². The van der Waals surface area contributed by atoms with Gasteiger partial charge in [-0.25, -0.2) is 8.42 Å². The molecule has 0 aliphatic carbocycles. The van der Waals surface area contributed by atoms with Crippen LogP contribution in [0, 0.1) is 0 Å². The summed E-state index contributed by atoms with van der Waals surface area (Å²) in [5, 5.41) is 5.53.